The van der Waals surface area contributed by atoms with E-state index in [1.165, 1.54) is 0 Å². The Labute approximate surface area is 113 Å². The van der Waals surface area contributed by atoms with Crippen LogP contribution in [0.4, 0.5) is 0 Å². The smallest absolute Gasteiger partial charge is 0.379 e. The van der Waals surface area contributed by atoms with Crippen LogP contribution in [0.25, 0.3) is 0 Å². The predicted octanol–water partition coefficient (Wildman–Crippen LogP) is 2.36. The van der Waals surface area contributed by atoms with Gasteiger partial charge in [0, 0.05) is 18.1 Å². The van der Waals surface area contributed by atoms with E-state index < -0.39 is 11.8 Å². The summed E-state index contributed by atoms with van der Waals surface area (Å²) in [6, 6.07) is 6.97. The Morgan fingerprint density at radius 1 is 1.16 bits per heavy atom. The van der Waals surface area contributed by atoms with Gasteiger partial charge in [0.25, 0.3) is 5.78 Å². The summed E-state index contributed by atoms with van der Waals surface area (Å²) in [4.78, 5) is 23.1. The quantitative estimate of drug-likeness (QED) is 0.449. The fourth-order valence-electron chi connectivity index (χ4n) is 1.83. The molecule has 0 aliphatic rings. The minimum atomic E-state index is -0.814. The number of carbonyl (C=O) groups is 2. The molecule has 0 bridgehead atoms. The highest BCUT2D eigenvalue weighted by Crippen LogP contribution is 2.23. The number of rotatable bonds is 6. The normalized spacial score (nSPS) is 11.2. The molecule has 0 heterocycles. The van der Waals surface area contributed by atoms with Crippen molar-refractivity contribution in [2.24, 2.45) is 0 Å². The van der Waals surface area contributed by atoms with Crippen LogP contribution in [0.15, 0.2) is 24.3 Å². The van der Waals surface area contributed by atoms with Crippen LogP contribution in [0.2, 0.25) is 0 Å². The van der Waals surface area contributed by atoms with Gasteiger partial charge in [-0.2, -0.15) is 0 Å². The minimum absolute atomic E-state index is 0.139. The lowest BCUT2D eigenvalue weighted by Crippen LogP contribution is -2.24. The number of benzene rings is 1. The summed E-state index contributed by atoms with van der Waals surface area (Å²) in [5, 5.41) is 0. The summed E-state index contributed by atoms with van der Waals surface area (Å²) >= 11 is 0. The first-order valence-electron chi connectivity index (χ1n) is 6.23. The molecule has 0 N–H and O–H groups in total. The topological polar surface area (TPSA) is 52.6 Å². The second kappa shape index (κ2) is 6.48. The van der Waals surface area contributed by atoms with E-state index in [4.69, 9.17) is 4.74 Å². The minimum Gasteiger partial charge on any atom is -0.460 e. The van der Waals surface area contributed by atoms with Gasteiger partial charge in [-0.3, -0.25) is 4.79 Å². The summed E-state index contributed by atoms with van der Waals surface area (Å²) in [6.07, 6.45) is 0. The molecule has 0 saturated carbocycles. The van der Waals surface area contributed by atoms with Crippen molar-refractivity contribution in [1.29, 1.82) is 0 Å². The fourth-order valence-corrected chi connectivity index (χ4v) is 1.83. The van der Waals surface area contributed by atoms with Crippen molar-refractivity contribution in [3.63, 3.8) is 0 Å². The number of carbonyl (C=O) groups excluding carboxylic acids is 2. The Morgan fingerprint density at radius 3 is 2.21 bits per heavy atom. The lowest BCUT2D eigenvalue weighted by molar-refractivity contribution is -0.137. The van der Waals surface area contributed by atoms with Gasteiger partial charge < -0.3 is 9.47 Å². The van der Waals surface area contributed by atoms with Gasteiger partial charge >= 0.3 is 5.97 Å². The summed E-state index contributed by atoms with van der Waals surface area (Å²) in [6.45, 7) is 6.56. The molecule has 0 aromatic heterocycles. The Morgan fingerprint density at radius 2 is 1.74 bits per heavy atom. The maximum Gasteiger partial charge on any atom is 0.379 e. The lowest BCUT2D eigenvalue weighted by Gasteiger charge is -2.24. The first-order chi connectivity index (χ1) is 8.92. The fraction of sp³-hybridized carbons (Fsp3) is 0.467. The van der Waals surface area contributed by atoms with E-state index in [0.29, 0.717) is 12.2 Å². The van der Waals surface area contributed by atoms with Gasteiger partial charge in [-0.25, -0.2) is 4.79 Å². The molecule has 1 rings (SSSR count). The Bertz CT molecular complexity index is 446. The van der Waals surface area contributed by atoms with E-state index in [-0.39, 0.29) is 12.0 Å². The van der Waals surface area contributed by atoms with Gasteiger partial charge in [-0.1, -0.05) is 38.1 Å². The average molecular weight is 264 g/mol. The molecular formula is C15H20O4. The average Bonchev–Trinajstić information content (AvgIpc) is 2.38. The SMILES string of the molecule is CCOC(=O)C(=O)c1ccc(C(C)(C)COC)cc1. The molecule has 0 aliphatic carbocycles. The highest BCUT2D eigenvalue weighted by atomic mass is 16.5. The van der Waals surface area contributed by atoms with Crippen molar-refractivity contribution in [1.82, 2.24) is 0 Å². The van der Waals surface area contributed by atoms with Gasteiger partial charge in [0.1, 0.15) is 0 Å². The molecule has 0 aliphatic heterocycles. The van der Waals surface area contributed by atoms with Crippen LogP contribution in [0.5, 0.6) is 0 Å². The van der Waals surface area contributed by atoms with Crippen LogP contribution < -0.4 is 0 Å². The van der Waals surface area contributed by atoms with Crippen molar-refractivity contribution in [3.05, 3.63) is 35.4 Å². The lowest BCUT2D eigenvalue weighted by atomic mass is 9.85. The van der Waals surface area contributed by atoms with Crippen molar-refractivity contribution in [2.45, 2.75) is 26.2 Å². The van der Waals surface area contributed by atoms with E-state index in [0.717, 1.165) is 5.56 Å². The molecule has 1 aromatic carbocycles. The zero-order chi connectivity index (χ0) is 14.5. The molecule has 0 amide bonds. The van der Waals surface area contributed by atoms with Crippen molar-refractivity contribution >= 4 is 11.8 Å². The standard InChI is InChI=1S/C15H20O4/c1-5-19-14(17)13(16)11-6-8-12(9-7-11)15(2,3)10-18-4/h6-9H,5,10H2,1-4H3. The number of ether oxygens (including phenoxy) is 2. The second-order valence-corrected chi connectivity index (χ2v) is 4.94. The predicted molar refractivity (Wildman–Crippen MR) is 72.3 cm³/mol. The van der Waals surface area contributed by atoms with Gasteiger partial charge in [0.05, 0.1) is 13.2 Å². The first kappa shape index (κ1) is 15.4. The Balaban J connectivity index is 2.87. The van der Waals surface area contributed by atoms with Crippen molar-refractivity contribution in [2.75, 3.05) is 20.3 Å². The molecule has 0 fully saturated rings. The van der Waals surface area contributed by atoms with Crippen molar-refractivity contribution in [3.8, 4) is 0 Å². The van der Waals surface area contributed by atoms with E-state index in [1.807, 2.05) is 12.1 Å². The van der Waals surface area contributed by atoms with E-state index in [1.54, 1.807) is 26.2 Å². The molecule has 4 heteroatoms. The van der Waals surface area contributed by atoms with E-state index >= 15 is 0 Å². The molecule has 0 spiro atoms. The number of hydrogen-bond donors (Lipinski definition) is 0. The number of ketones is 1. The molecule has 0 atom stereocenters. The molecule has 19 heavy (non-hydrogen) atoms. The summed E-state index contributed by atoms with van der Waals surface area (Å²) in [5.74, 6) is -1.43. The highest BCUT2D eigenvalue weighted by Gasteiger charge is 2.22. The van der Waals surface area contributed by atoms with Crippen LogP contribution in [-0.2, 0) is 19.7 Å². The first-order valence-corrected chi connectivity index (χ1v) is 6.23. The second-order valence-electron chi connectivity index (χ2n) is 4.94. The third-order valence-corrected chi connectivity index (χ3v) is 2.89. The molecule has 0 unspecified atom stereocenters. The maximum absolute atomic E-state index is 11.7. The molecule has 104 valence electrons. The molecular weight excluding hydrogens is 244 g/mol. The summed E-state index contributed by atoms with van der Waals surface area (Å²) in [7, 11) is 1.65. The van der Waals surface area contributed by atoms with Crippen LogP contribution in [-0.4, -0.2) is 32.1 Å². The van der Waals surface area contributed by atoms with Crippen LogP contribution in [0.1, 0.15) is 36.7 Å². The van der Waals surface area contributed by atoms with Crippen LogP contribution in [0, 0.1) is 0 Å². The van der Waals surface area contributed by atoms with E-state index in [9.17, 15) is 9.59 Å². The number of methoxy groups -OCH3 is 1. The Kier molecular flexibility index (Phi) is 5.24. The molecule has 1 aromatic rings. The third kappa shape index (κ3) is 3.89. The summed E-state index contributed by atoms with van der Waals surface area (Å²) < 4.78 is 9.85. The highest BCUT2D eigenvalue weighted by molar-refractivity contribution is 6.40. The third-order valence-electron chi connectivity index (χ3n) is 2.89. The van der Waals surface area contributed by atoms with Gasteiger partial charge in [-0.15, -0.1) is 0 Å². The number of hydrogen-bond acceptors (Lipinski definition) is 4. The molecule has 4 nitrogen and oxygen atoms in total. The maximum atomic E-state index is 11.7. The van der Waals surface area contributed by atoms with Crippen molar-refractivity contribution < 1.29 is 19.1 Å². The van der Waals surface area contributed by atoms with Crippen LogP contribution in [0.3, 0.4) is 0 Å². The number of Topliss-reactive ketones (excluding diaryl/α,β-unsaturated/α-hetero) is 1. The van der Waals surface area contributed by atoms with Gasteiger partial charge in [-0.05, 0) is 12.5 Å². The zero-order valence-electron chi connectivity index (χ0n) is 11.9. The van der Waals surface area contributed by atoms with Gasteiger partial charge in [0.2, 0.25) is 0 Å². The largest absolute Gasteiger partial charge is 0.460 e. The van der Waals surface area contributed by atoms with E-state index in [2.05, 4.69) is 18.6 Å². The Hall–Kier alpha value is -1.68. The molecule has 0 radical (unpaired) electrons. The van der Waals surface area contributed by atoms with Crippen LogP contribution >= 0.6 is 0 Å². The summed E-state index contributed by atoms with van der Waals surface area (Å²) in [5.41, 5.74) is 1.26. The monoisotopic (exact) mass is 264 g/mol. The zero-order valence-corrected chi connectivity index (χ0v) is 11.9. The van der Waals surface area contributed by atoms with Gasteiger partial charge in [0.15, 0.2) is 0 Å². The number of esters is 1. The molecule has 0 saturated heterocycles.